The fourth-order valence-corrected chi connectivity index (χ4v) is 0.580. The van der Waals surface area contributed by atoms with E-state index in [9.17, 15) is 4.79 Å². The van der Waals surface area contributed by atoms with Gasteiger partial charge in [0.2, 0.25) is 5.78 Å². The number of rotatable bonds is 1. The van der Waals surface area contributed by atoms with E-state index >= 15 is 0 Å². The average molecular weight is 191 g/mol. The zero-order chi connectivity index (χ0) is 6.85. The third kappa shape index (κ3) is 1.35. The molecule has 0 aliphatic rings. The van der Waals surface area contributed by atoms with E-state index in [1.54, 1.807) is 0 Å². The Hall–Kier alpha value is -0.710. The van der Waals surface area contributed by atoms with Crippen molar-refractivity contribution in [3.8, 4) is 0 Å². The van der Waals surface area contributed by atoms with Crippen LogP contribution in [0.4, 0.5) is 0 Å². The van der Waals surface area contributed by atoms with E-state index in [0.29, 0.717) is 0 Å². The Balaban J connectivity index is 2.98. The molecule has 1 heterocycles. The van der Waals surface area contributed by atoms with Gasteiger partial charge in [-0.3, -0.25) is 4.79 Å². The quantitative estimate of drug-likeness (QED) is 0.622. The van der Waals surface area contributed by atoms with Crippen molar-refractivity contribution >= 4 is 21.7 Å². The van der Waals surface area contributed by atoms with E-state index in [4.69, 9.17) is 0 Å². The Morgan fingerprint density at radius 1 is 1.67 bits per heavy atom. The van der Waals surface area contributed by atoms with Crippen LogP contribution < -0.4 is 0 Å². The van der Waals surface area contributed by atoms with Crippen molar-refractivity contribution in [3.63, 3.8) is 0 Å². The topological polar surface area (TPSA) is 56.0 Å². The van der Waals surface area contributed by atoms with Crippen LogP contribution in [-0.4, -0.2) is 16.0 Å². The van der Waals surface area contributed by atoms with Gasteiger partial charge in [-0.05, 0) is 0 Å². The first-order valence-electron chi connectivity index (χ1n) is 2.20. The number of carbonyl (C=O) groups excluding carboxylic acids is 1. The summed E-state index contributed by atoms with van der Waals surface area (Å²) in [5.41, 5.74) is 0. The van der Waals surface area contributed by atoms with Crippen molar-refractivity contribution in [1.29, 1.82) is 0 Å². The molecule has 1 aromatic rings. The minimum atomic E-state index is -0.229. The lowest BCUT2D eigenvalue weighted by Gasteiger charge is -1.77. The fourth-order valence-electron chi connectivity index (χ4n) is 0.348. The maximum Gasteiger partial charge on any atom is 0.285 e. The fraction of sp³-hybridized carbons (Fsp3) is 0.250. The standard InChI is InChI=1S/C4H3BrN2O2/c1-2(8)3-6-7-4(5)9-3/h1H3. The monoisotopic (exact) mass is 190 g/mol. The van der Waals surface area contributed by atoms with Gasteiger partial charge in [-0.15, -0.1) is 10.2 Å². The van der Waals surface area contributed by atoms with Crippen LogP contribution in [0.2, 0.25) is 0 Å². The summed E-state index contributed by atoms with van der Waals surface area (Å²) in [4.78, 5) is 10.7. The molecule has 0 amide bonds. The number of halogens is 1. The maximum absolute atomic E-state index is 10.4. The van der Waals surface area contributed by atoms with Gasteiger partial charge in [0, 0.05) is 22.9 Å². The van der Waals surface area contributed by atoms with E-state index in [1.807, 2.05) is 0 Å². The van der Waals surface area contributed by atoms with Crippen molar-refractivity contribution in [2.45, 2.75) is 6.92 Å². The molecule has 0 saturated heterocycles. The summed E-state index contributed by atoms with van der Waals surface area (Å²) in [5.74, 6) is -0.199. The molecule has 1 aromatic heterocycles. The number of carbonyl (C=O) groups is 1. The van der Waals surface area contributed by atoms with Crippen LogP contribution >= 0.6 is 15.9 Å². The average Bonchev–Trinajstić information content (AvgIpc) is 2.14. The van der Waals surface area contributed by atoms with Gasteiger partial charge in [0.1, 0.15) is 0 Å². The van der Waals surface area contributed by atoms with Crippen molar-refractivity contribution in [3.05, 3.63) is 10.7 Å². The number of hydrogen-bond donors (Lipinski definition) is 0. The second-order valence-electron chi connectivity index (χ2n) is 1.42. The van der Waals surface area contributed by atoms with Gasteiger partial charge in [-0.1, -0.05) is 0 Å². The SMILES string of the molecule is CC(=O)c1nnc(Br)o1. The molecule has 0 N–H and O–H groups in total. The molecule has 0 aliphatic carbocycles. The molecule has 5 heteroatoms. The molecule has 48 valence electrons. The van der Waals surface area contributed by atoms with Gasteiger partial charge >= 0.3 is 0 Å². The summed E-state index contributed by atoms with van der Waals surface area (Å²) in [7, 11) is 0. The summed E-state index contributed by atoms with van der Waals surface area (Å²) in [5, 5.41) is 6.82. The highest BCUT2D eigenvalue weighted by molar-refractivity contribution is 9.10. The zero-order valence-electron chi connectivity index (χ0n) is 4.59. The van der Waals surface area contributed by atoms with E-state index < -0.39 is 0 Å². The van der Waals surface area contributed by atoms with Gasteiger partial charge in [0.15, 0.2) is 0 Å². The van der Waals surface area contributed by atoms with Crippen molar-refractivity contribution in [1.82, 2.24) is 10.2 Å². The largest absolute Gasteiger partial charge is 0.408 e. The molecular formula is C4H3BrN2O2. The Morgan fingerprint density at radius 2 is 2.33 bits per heavy atom. The predicted octanol–water partition coefficient (Wildman–Crippen LogP) is 1.03. The van der Waals surface area contributed by atoms with Crippen molar-refractivity contribution in [2.75, 3.05) is 0 Å². The summed E-state index contributed by atoms with van der Waals surface area (Å²) in [6.07, 6.45) is 0. The molecule has 0 aliphatic heterocycles. The molecule has 4 nitrogen and oxygen atoms in total. The van der Waals surface area contributed by atoms with Gasteiger partial charge in [0.25, 0.3) is 10.7 Å². The molecule has 0 aromatic carbocycles. The number of aromatic nitrogens is 2. The molecule has 0 unspecified atom stereocenters. The van der Waals surface area contributed by atoms with E-state index in [1.165, 1.54) is 6.92 Å². The van der Waals surface area contributed by atoms with Gasteiger partial charge in [-0.25, -0.2) is 0 Å². The number of Topliss-reactive ketones (excluding diaryl/α,β-unsaturated/α-hetero) is 1. The summed E-state index contributed by atoms with van der Waals surface area (Å²) >= 11 is 2.91. The predicted molar refractivity (Wildman–Crippen MR) is 32.0 cm³/mol. The van der Waals surface area contributed by atoms with Crippen LogP contribution in [0.3, 0.4) is 0 Å². The highest BCUT2D eigenvalue weighted by atomic mass is 79.9. The van der Waals surface area contributed by atoms with Gasteiger partial charge in [-0.2, -0.15) is 0 Å². The highest BCUT2D eigenvalue weighted by Crippen LogP contribution is 2.06. The lowest BCUT2D eigenvalue weighted by atomic mass is 10.5. The Labute approximate surface area is 59.4 Å². The Bertz CT molecular complexity index is 232. The Morgan fingerprint density at radius 3 is 2.56 bits per heavy atom. The van der Waals surface area contributed by atoms with Crippen LogP contribution in [0, 0.1) is 0 Å². The van der Waals surface area contributed by atoms with Crippen LogP contribution in [0.1, 0.15) is 17.6 Å². The number of hydrogen-bond acceptors (Lipinski definition) is 4. The van der Waals surface area contributed by atoms with E-state index in [2.05, 4.69) is 30.5 Å². The van der Waals surface area contributed by atoms with E-state index in [-0.39, 0.29) is 16.5 Å². The summed E-state index contributed by atoms with van der Waals surface area (Å²) < 4.78 is 4.69. The molecule has 9 heavy (non-hydrogen) atoms. The molecule has 0 bridgehead atoms. The summed E-state index contributed by atoms with van der Waals surface area (Å²) in [6, 6.07) is 0. The van der Waals surface area contributed by atoms with Gasteiger partial charge < -0.3 is 4.42 Å². The third-order valence-corrected chi connectivity index (χ3v) is 1.02. The highest BCUT2D eigenvalue weighted by Gasteiger charge is 2.06. The second kappa shape index (κ2) is 2.26. The lowest BCUT2D eigenvalue weighted by molar-refractivity contribution is 0.0979. The first kappa shape index (κ1) is 6.41. The summed E-state index contributed by atoms with van der Waals surface area (Å²) in [6.45, 7) is 1.36. The van der Waals surface area contributed by atoms with Crippen LogP contribution in [0.15, 0.2) is 9.22 Å². The first-order chi connectivity index (χ1) is 4.20. The van der Waals surface area contributed by atoms with Crippen LogP contribution in [-0.2, 0) is 0 Å². The lowest BCUT2D eigenvalue weighted by Crippen LogP contribution is -1.90. The number of ketones is 1. The van der Waals surface area contributed by atoms with Gasteiger partial charge in [0.05, 0.1) is 0 Å². The molecule has 0 spiro atoms. The third-order valence-electron chi connectivity index (χ3n) is 0.702. The van der Waals surface area contributed by atoms with Crippen molar-refractivity contribution < 1.29 is 9.21 Å². The molecular weight excluding hydrogens is 188 g/mol. The van der Waals surface area contributed by atoms with E-state index in [0.717, 1.165) is 0 Å². The molecule has 0 radical (unpaired) electrons. The normalized spacial score (nSPS) is 9.56. The minimum absolute atomic E-state index is 0.0295. The van der Waals surface area contributed by atoms with Crippen LogP contribution in [0.5, 0.6) is 0 Å². The number of nitrogens with zero attached hydrogens (tertiary/aromatic N) is 2. The van der Waals surface area contributed by atoms with Crippen LogP contribution in [0.25, 0.3) is 0 Å². The zero-order valence-corrected chi connectivity index (χ0v) is 6.17. The smallest absolute Gasteiger partial charge is 0.285 e. The first-order valence-corrected chi connectivity index (χ1v) is 2.99. The molecule has 0 saturated carbocycles. The second-order valence-corrected chi connectivity index (χ2v) is 2.09. The molecule has 0 atom stereocenters. The Kier molecular flexibility index (Phi) is 1.61. The maximum atomic E-state index is 10.4. The molecule has 0 fully saturated rings. The minimum Gasteiger partial charge on any atom is -0.408 e. The van der Waals surface area contributed by atoms with Crippen molar-refractivity contribution in [2.24, 2.45) is 0 Å². The molecule has 1 rings (SSSR count).